The van der Waals surface area contributed by atoms with E-state index in [4.69, 9.17) is 0 Å². The number of Topliss-reactive ketones (excluding diaryl/α,β-unsaturated/α-hetero) is 1. The van der Waals surface area contributed by atoms with E-state index in [9.17, 15) is 4.79 Å². The van der Waals surface area contributed by atoms with Gasteiger partial charge in [-0.05, 0) is 37.5 Å². The van der Waals surface area contributed by atoms with Gasteiger partial charge in [-0.15, -0.1) is 0 Å². The first-order chi connectivity index (χ1) is 8.79. The van der Waals surface area contributed by atoms with E-state index in [-0.39, 0.29) is 0 Å². The molecule has 1 heteroatoms. The minimum Gasteiger partial charge on any atom is -0.299 e. The van der Waals surface area contributed by atoms with E-state index in [1.54, 1.807) is 0 Å². The quantitative estimate of drug-likeness (QED) is 0.632. The molecule has 18 heavy (non-hydrogen) atoms. The molecule has 0 unspecified atom stereocenters. The second-order valence-corrected chi connectivity index (χ2v) is 6.65. The van der Waals surface area contributed by atoms with Crippen molar-refractivity contribution in [1.29, 1.82) is 0 Å². The van der Waals surface area contributed by atoms with E-state index in [1.807, 2.05) is 0 Å². The summed E-state index contributed by atoms with van der Waals surface area (Å²) in [4.78, 5) is 12.4. The lowest BCUT2D eigenvalue weighted by Gasteiger charge is -2.27. The summed E-state index contributed by atoms with van der Waals surface area (Å²) in [6.45, 7) is 2.29. The van der Waals surface area contributed by atoms with Crippen molar-refractivity contribution in [3.8, 4) is 0 Å². The van der Waals surface area contributed by atoms with Crippen LogP contribution in [0.2, 0.25) is 0 Å². The molecule has 2 saturated carbocycles. The van der Waals surface area contributed by atoms with Crippen LogP contribution in [-0.2, 0) is 4.79 Å². The van der Waals surface area contributed by atoms with Crippen molar-refractivity contribution < 1.29 is 4.79 Å². The van der Waals surface area contributed by atoms with E-state index < -0.39 is 0 Å². The molecular weight excluding hydrogens is 220 g/mol. The van der Waals surface area contributed by atoms with Gasteiger partial charge in [0.2, 0.25) is 0 Å². The van der Waals surface area contributed by atoms with Crippen molar-refractivity contribution in [2.75, 3.05) is 0 Å². The molecule has 0 N–H and O–H groups in total. The molecule has 0 aromatic rings. The van der Waals surface area contributed by atoms with Gasteiger partial charge >= 0.3 is 0 Å². The first kappa shape index (κ1) is 14.1. The van der Waals surface area contributed by atoms with Crippen molar-refractivity contribution >= 4 is 5.78 Å². The van der Waals surface area contributed by atoms with Gasteiger partial charge in [0, 0.05) is 12.3 Å². The van der Waals surface area contributed by atoms with Gasteiger partial charge in [0.15, 0.2) is 0 Å². The van der Waals surface area contributed by atoms with Gasteiger partial charge in [-0.25, -0.2) is 0 Å². The van der Waals surface area contributed by atoms with Crippen LogP contribution in [0.3, 0.4) is 0 Å². The Kier molecular flexibility index (Phi) is 5.72. The lowest BCUT2D eigenvalue weighted by Crippen LogP contribution is -2.23. The predicted octanol–water partition coefficient (Wildman–Crippen LogP) is 5.13. The highest BCUT2D eigenvalue weighted by Crippen LogP contribution is 2.34. The summed E-state index contributed by atoms with van der Waals surface area (Å²) in [5, 5.41) is 0. The van der Waals surface area contributed by atoms with Crippen LogP contribution in [0.4, 0.5) is 0 Å². The van der Waals surface area contributed by atoms with Crippen LogP contribution in [0, 0.1) is 17.8 Å². The highest BCUT2D eigenvalue weighted by molar-refractivity contribution is 5.81. The summed E-state index contributed by atoms with van der Waals surface area (Å²) >= 11 is 0. The summed E-state index contributed by atoms with van der Waals surface area (Å²) in [5.41, 5.74) is 0. The molecule has 0 aromatic carbocycles. The molecule has 0 aliphatic heterocycles. The van der Waals surface area contributed by atoms with Crippen LogP contribution < -0.4 is 0 Å². The molecule has 0 heterocycles. The zero-order valence-electron chi connectivity index (χ0n) is 12.1. The Balaban J connectivity index is 1.74. The summed E-state index contributed by atoms with van der Waals surface area (Å²) in [7, 11) is 0. The number of hydrogen-bond donors (Lipinski definition) is 0. The van der Waals surface area contributed by atoms with Crippen molar-refractivity contribution in [2.24, 2.45) is 17.8 Å². The fourth-order valence-electron chi connectivity index (χ4n) is 3.91. The molecule has 2 fully saturated rings. The Morgan fingerprint density at radius 2 is 1.44 bits per heavy atom. The Labute approximate surface area is 113 Å². The fraction of sp³-hybridized carbons (Fsp3) is 0.941. The molecule has 104 valence electrons. The topological polar surface area (TPSA) is 17.1 Å². The van der Waals surface area contributed by atoms with Crippen LogP contribution in [0.15, 0.2) is 0 Å². The summed E-state index contributed by atoms with van der Waals surface area (Å²) in [6.07, 6.45) is 15.3. The SMILES string of the molecule is CCC1CCC(C(=O)CC2CCCCCC2)CC1. The van der Waals surface area contributed by atoms with Crippen LogP contribution in [0.1, 0.15) is 84.0 Å². The molecule has 0 aromatic heterocycles. The molecule has 1 nitrogen and oxygen atoms in total. The highest BCUT2D eigenvalue weighted by atomic mass is 16.1. The van der Waals surface area contributed by atoms with Crippen LogP contribution >= 0.6 is 0 Å². The monoisotopic (exact) mass is 250 g/mol. The first-order valence-electron chi connectivity index (χ1n) is 8.32. The van der Waals surface area contributed by atoms with E-state index in [1.165, 1.54) is 70.6 Å². The second kappa shape index (κ2) is 7.31. The molecule has 2 rings (SSSR count). The van der Waals surface area contributed by atoms with Gasteiger partial charge in [0.25, 0.3) is 0 Å². The maximum Gasteiger partial charge on any atom is 0.136 e. The van der Waals surface area contributed by atoms with Crippen LogP contribution in [0.5, 0.6) is 0 Å². The van der Waals surface area contributed by atoms with Crippen molar-refractivity contribution in [1.82, 2.24) is 0 Å². The predicted molar refractivity (Wildman–Crippen MR) is 76.6 cm³/mol. The lowest BCUT2D eigenvalue weighted by molar-refractivity contribution is -0.125. The molecule has 0 saturated heterocycles. The van der Waals surface area contributed by atoms with Gasteiger partial charge in [-0.3, -0.25) is 4.79 Å². The largest absolute Gasteiger partial charge is 0.299 e. The maximum absolute atomic E-state index is 12.4. The second-order valence-electron chi connectivity index (χ2n) is 6.65. The molecule has 2 aliphatic rings. The molecular formula is C17H30O. The molecule has 0 atom stereocenters. The number of hydrogen-bond acceptors (Lipinski definition) is 1. The van der Waals surface area contributed by atoms with Crippen molar-refractivity contribution in [2.45, 2.75) is 84.0 Å². The van der Waals surface area contributed by atoms with Gasteiger partial charge in [0.1, 0.15) is 5.78 Å². The smallest absolute Gasteiger partial charge is 0.136 e. The zero-order chi connectivity index (χ0) is 12.8. The summed E-state index contributed by atoms with van der Waals surface area (Å²) in [5.74, 6) is 2.67. The van der Waals surface area contributed by atoms with Crippen LogP contribution in [-0.4, -0.2) is 5.78 Å². The van der Waals surface area contributed by atoms with E-state index in [2.05, 4.69) is 6.92 Å². The van der Waals surface area contributed by atoms with Crippen molar-refractivity contribution in [3.63, 3.8) is 0 Å². The Morgan fingerprint density at radius 1 is 0.833 bits per heavy atom. The third-order valence-electron chi connectivity index (χ3n) is 5.34. The van der Waals surface area contributed by atoms with E-state index in [0.29, 0.717) is 11.7 Å². The molecule has 2 aliphatic carbocycles. The highest BCUT2D eigenvalue weighted by Gasteiger charge is 2.27. The maximum atomic E-state index is 12.4. The number of carbonyl (C=O) groups is 1. The fourth-order valence-corrected chi connectivity index (χ4v) is 3.91. The number of carbonyl (C=O) groups excluding carboxylic acids is 1. The molecule has 0 bridgehead atoms. The zero-order valence-corrected chi connectivity index (χ0v) is 12.1. The third kappa shape index (κ3) is 4.10. The third-order valence-corrected chi connectivity index (χ3v) is 5.34. The minimum atomic E-state index is 0.427. The van der Waals surface area contributed by atoms with E-state index in [0.717, 1.165) is 18.3 Å². The lowest BCUT2D eigenvalue weighted by atomic mass is 9.77. The van der Waals surface area contributed by atoms with E-state index >= 15 is 0 Å². The van der Waals surface area contributed by atoms with Crippen molar-refractivity contribution in [3.05, 3.63) is 0 Å². The van der Waals surface area contributed by atoms with Gasteiger partial charge in [-0.2, -0.15) is 0 Å². The minimum absolute atomic E-state index is 0.427. The Bertz CT molecular complexity index is 242. The van der Waals surface area contributed by atoms with Crippen LogP contribution in [0.25, 0.3) is 0 Å². The van der Waals surface area contributed by atoms with Gasteiger partial charge < -0.3 is 0 Å². The molecule has 0 radical (unpaired) electrons. The average Bonchev–Trinajstić information content (AvgIpc) is 2.67. The molecule has 0 spiro atoms. The average molecular weight is 250 g/mol. The standard InChI is InChI=1S/C17H30O/c1-2-14-9-11-16(12-10-14)17(18)13-15-7-5-3-4-6-8-15/h14-16H,2-13H2,1H3. The number of rotatable bonds is 4. The Morgan fingerprint density at radius 3 is 2.00 bits per heavy atom. The summed E-state index contributed by atoms with van der Waals surface area (Å²) in [6, 6.07) is 0. The molecule has 0 amide bonds. The Hall–Kier alpha value is -0.330. The van der Waals surface area contributed by atoms with Gasteiger partial charge in [0.05, 0.1) is 0 Å². The first-order valence-corrected chi connectivity index (χ1v) is 8.32. The van der Waals surface area contributed by atoms with Gasteiger partial charge in [-0.1, -0.05) is 51.9 Å². The summed E-state index contributed by atoms with van der Waals surface area (Å²) < 4.78 is 0. The normalized spacial score (nSPS) is 30.9. The number of ketones is 1.